The zero-order valence-electron chi connectivity index (χ0n) is 15.5. The minimum absolute atomic E-state index is 0.227. The highest BCUT2D eigenvalue weighted by Gasteiger charge is 2.46. The first-order valence-electron chi connectivity index (χ1n) is 9.79. The van der Waals surface area contributed by atoms with Crippen LogP contribution >= 0.6 is 0 Å². The van der Waals surface area contributed by atoms with Crippen LogP contribution in [0.25, 0.3) is 0 Å². The summed E-state index contributed by atoms with van der Waals surface area (Å²) >= 11 is 0. The van der Waals surface area contributed by atoms with Crippen LogP contribution in [0.2, 0.25) is 0 Å². The summed E-state index contributed by atoms with van der Waals surface area (Å²) in [7, 11) is 0. The molecule has 3 N–H and O–H groups in total. The minimum Gasteiger partial charge on any atom is -0.370 e. The molecule has 5 rings (SSSR count). The number of nitrogens with one attached hydrogen (secondary N) is 3. The number of anilines is 1. The number of carbonyl (C=O) groups excluding carboxylic acids is 4. The van der Waals surface area contributed by atoms with Gasteiger partial charge in [-0.1, -0.05) is 0 Å². The van der Waals surface area contributed by atoms with Crippen LogP contribution in [0.15, 0.2) is 12.1 Å². The third-order valence-electron chi connectivity index (χ3n) is 6.57. The first-order chi connectivity index (χ1) is 13.5. The lowest BCUT2D eigenvalue weighted by Crippen LogP contribution is -2.60. The van der Waals surface area contributed by atoms with Crippen molar-refractivity contribution in [3.8, 4) is 0 Å². The molecule has 4 aliphatic heterocycles. The van der Waals surface area contributed by atoms with Gasteiger partial charge in [-0.2, -0.15) is 0 Å². The maximum absolute atomic E-state index is 12.6. The molecule has 8 heteroatoms. The van der Waals surface area contributed by atoms with Gasteiger partial charge in [0.05, 0.1) is 17.0 Å². The van der Waals surface area contributed by atoms with E-state index in [-0.39, 0.29) is 17.7 Å². The van der Waals surface area contributed by atoms with Crippen molar-refractivity contribution in [2.45, 2.75) is 31.6 Å². The van der Waals surface area contributed by atoms with Gasteiger partial charge in [0.25, 0.3) is 11.8 Å². The van der Waals surface area contributed by atoms with Crippen molar-refractivity contribution in [2.75, 3.05) is 31.1 Å². The van der Waals surface area contributed by atoms with Crippen LogP contribution < -0.4 is 20.9 Å². The lowest BCUT2D eigenvalue weighted by molar-refractivity contribution is -0.134. The molecule has 3 fully saturated rings. The number of benzene rings is 1. The molecule has 1 aromatic carbocycles. The smallest absolute Gasteiger partial charge is 0.259 e. The van der Waals surface area contributed by atoms with Gasteiger partial charge in [0.15, 0.2) is 0 Å². The average Bonchev–Trinajstić information content (AvgIpc) is 2.94. The number of imide groups is 2. The molecule has 8 nitrogen and oxygen atoms in total. The summed E-state index contributed by atoms with van der Waals surface area (Å²) in [5.74, 6) is -2.19. The topological polar surface area (TPSA) is 108 Å². The summed E-state index contributed by atoms with van der Waals surface area (Å²) < 4.78 is 0. The van der Waals surface area contributed by atoms with Crippen molar-refractivity contribution in [1.29, 1.82) is 0 Å². The normalized spacial score (nSPS) is 26.0. The molecular formula is C20H22N4O4. The van der Waals surface area contributed by atoms with Crippen LogP contribution in [0.5, 0.6) is 0 Å². The molecule has 4 amide bonds. The number of nitrogens with zero attached hydrogens (tertiary/aromatic N) is 1. The van der Waals surface area contributed by atoms with Gasteiger partial charge in [0, 0.05) is 36.2 Å². The first kappa shape index (κ1) is 17.4. The van der Waals surface area contributed by atoms with Crippen LogP contribution in [0.4, 0.5) is 5.69 Å². The molecule has 1 unspecified atom stereocenters. The first-order valence-corrected chi connectivity index (χ1v) is 9.79. The van der Waals surface area contributed by atoms with Crippen molar-refractivity contribution in [2.24, 2.45) is 5.41 Å². The number of hydrogen-bond donors (Lipinski definition) is 3. The molecule has 0 aromatic heterocycles. The summed E-state index contributed by atoms with van der Waals surface area (Å²) in [4.78, 5) is 51.1. The largest absolute Gasteiger partial charge is 0.370 e. The van der Waals surface area contributed by atoms with Crippen LogP contribution in [0, 0.1) is 5.41 Å². The molecule has 4 heterocycles. The highest BCUT2D eigenvalue weighted by Crippen LogP contribution is 2.46. The highest BCUT2D eigenvalue weighted by atomic mass is 16.2. The third kappa shape index (κ3) is 2.55. The molecule has 28 heavy (non-hydrogen) atoms. The van der Waals surface area contributed by atoms with Gasteiger partial charge in [-0.15, -0.1) is 0 Å². The van der Waals surface area contributed by atoms with Crippen molar-refractivity contribution in [3.05, 3.63) is 28.8 Å². The molecule has 146 valence electrons. The van der Waals surface area contributed by atoms with E-state index in [0.717, 1.165) is 44.7 Å². The van der Waals surface area contributed by atoms with Crippen LogP contribution in [-0.2, 0) is 9.59 Å². The lowest BCUT2D eigenvalue weighted by atomic mass is 9.71. The second-order valence-corrected chi connectivity index (χ2v) is 8.31. The van der Waals surface area contributed by atoms with Crippen LogP contribution in [0.1, 0.15) is 57.9 Å². The molecule has 0 saturated carbocycles. The van der Waals surface area contributed by atoms with E-state index < -0.39 is 23.6 Å². The zero-order chi connectivity index (χ0) is 19.5. The molecule has 1 spiro atoms. The molecular weight excluding hydrogens is 360 g/mol. The number of carbonyl (C=O) groups is 4. The number of hydrogen-bond acceptors (Lipinski definition) is 6. The van der Waals surface area contributed by atoms with E-state index in [4.69, 9.17) is 0 Å². The van der Waals surface area contributed by atoms with E-state index in [0.29, 0.717) is 23.1 Å². The highest BCUT2D eigenvalue weighted by molar-refractivity contribution is 6.23. The Kier molecular flexibility index (Phi) is 3.80. The van der Waals surface area contributed by atoms with E-state index in [1.807, 2.05) is 6.07 Å². The Morgan fingerprint density at radius 1 is 0.964 bits per heavy atom. The van der Waals surface area contributed by atoms with E-state index >= 15 is 0 Å². The van der Waals surface area contributed by atoms with Crippen molar-refractivity contribution in [1.82, 2.24) is 16.0 Å². The number of piperidine rings is 2. The van der Waals surface area contributed by atoms with E-state index in [1.54, 1.807) is 6.07 Å². The standard InChI is InChI=1S/C20H22N4O4/c25-14-4-2-11(17(26)22-14)15-13(3-1-12-16(15)19(28)23-18(12)27)24-9-20(10-24)5-7-21-8-6-20/h1,3,11,21H,2,4-10H2,(H,22,25,26)(H,23,27,28). The Morgan fingerprint density at radius 2 is 1.71 bits per heavy atom. The monoisotopic (exact) mass is 382 g/mol. The predicted molar refractivity (Wildman–Crippen MR) is 100 cm³/mol. The van der Waals surface area contributed by atoms with Crippen LogP contribution in [0.3, 0.4) is 0 Å². The average molecular weight is 382 g/mol. The molecule has 1 aromatic rings. The molecule has 0 aliphatic carbocycles. The fraction of sp³-hybridized carbons (Fsp3) is 0.500. The SMILES string of the molecule is O=C1CCC(c2c(N3CC4(CCNCC4)C3)ccc3c2C(=O)NC3=O)C(=O)N1. The number of rotatable bonds is 2. The molecule has 1 atom stereocenters. The van der Waals surface area contributed by atoms with Gasteiger partial charge in [0.1, 0.15) is 0 Å². The van der Waals surface area contributed by atoms with Gasteiger partial charge in [0.2, 0.25) is 11.8 Å². The summed E-state index contributed by atoms with van der Waals surface area (Å²) in [6, 6.07) is 3.53. The van der Waals surface area contributed by atoms with E-state index in [2.05, 4.69) is 20.9 Å². The summed E-state index contributed by atoms with van der Waals surface area (Å²) in [6.45, 7) is 3.77. The maximum atomic E-state index is 12.6. The fourth-order valence-corrected chi connectivity index (χ4v) is 5.08. The van der Waals surface area contributed by atoms with E-state index in [1.165, 1.54) is 0 Å². The Hall–Kier alpha value is -2.74. The van der Waals surface area contributed by atoms with Crippen LogP contribution in [-0.4, -0.2) is 49.8 Å². The summed E-state index contributed by atoms with van der Waals surface area (Å²) in [5.41, 5.74) is 2.32. The second-order valence-electron chi connectivity index (χ2n) is 8.31. The molecule has 0 radical (unpaired) electrons. The number of amides is 4. The minimum atomic E-state index is -0.608. The van der Waals surface area contributed by atoms with Crippen molar-refractivity contribution < 1.29 is 19.2 Å². The van der Waals surface area contributed by atoms with Crippen molar-refractivity contribution >= 4 is 29.3 Å². The molecule has 3 saturated heterocycles. The lowest BCUT2D eigenvalue weighted by Gasteiger charge is -2.54. The Balaban J connectivity index is 1.55. The van der Waals surface area contributed by atoms with Gasteiger partial charge in [-0.05, 0) is 44.5 Å². The Bertz CT molecular complexity index is 911. The zero-order valence-corrected chi connectivity index (χ0v) is 15.5. The summed E-state index contributed by atoms with van der Waals surface area (Å²) in [5, 5.41) is 8.11. The Morgan fingerprint density at radius 3 is 2.43 bits per heavy atom. The maximum Gasteiger partial charge on any atom is 0.259 e. The second kappa shape index (κ2) is 6.13. The van der Waals surface area contributed by atoms with Gasteiger partial charge in [-0.25, -0.2) is 0 Å². The fourth-order valence-electron chi connectivity index (χ4n) is 5.08. The van der Waals surface area contributed by atoms with Gasteiger partial charge < -0.3 is 10.2 Å². The molecule has 0 bridgehead atoms. The predicted octanol–water partition coefficient (Wildman–Crippen LogP) is 0.280. The third-order valence-corrected chi connectivity index (χ3v) is 6.57. The van der Waals surface area contributed by atoms with Gasteiger partial charge in [-0.3, -0.25) is 29.8 Å². The van der Waals surface area contributed by atoms with E-state index in [9.17, 15) is 19.2 Å². The summed E-state index contributed by atoms with van der Waals surface area (Å²) in [6.07, 6.45) is 2.80. The molecule has 4 aliphatic rings. The quantitative estimate of drug-likeness (QED) is 0.634. The van der Waals surface area contributed by atoms with Gasteiger partial charge >= 0.3 is 0 Å². The van der Waals surface area contributed by atoms with Crippen molar-refractivity contribution in [3.63, 3.8) is 0 Å². The number of fused-ring (bicyclic) bond motifs is 1. The Labute approximate surface area is 162 Å².